The maximum atomic E-state index is 13.3. The Morgan fingerprint density at radius 3 is 2.31 bits per heavy atom. The molecule has 5 rings (SSSR count). The van der Waals surface area contributed by atoms with Crippen molar-refractivity contribution in [3.63, 3.8) is 0 Å². The van der Waals surface area contributed by atoms with Crippen LogP contribution in [0, 0.1) is 0 Å². The molecule has 2 aromatic carbocycles. The number of hydrogen-bond donors (Lipinski definition) is 1. The van der Waals surface area contributed by atoms with Crippen molar-refractivity contribution in [3.8, 4) is 17.4 Å². The van der Waals surface area contributed by atoms with Gasteiger partial charge in [-0.25, -0.2) is 14.2 Å². The third-order valence-corrected chi connectivity index (χ3v) is 5.85. The largest absolute Gasteiger partial charge is 0.497 e. The van der Waals surface area contributed by atoms with Crippen LogP contribution >= 0.6 is 0 Å². The maximum absolute atomic E-state index is 13.3. The highest BCUT2D eigenvalue weighted by molar-refractivity contribution is 6.12. The summed E-state index contributed by atoms with van der Waals surface area (Å²) >= 11 is 0. The van der Waals surface area contributed by atoms with Gasteiger partial charge < -0.3 is 28.8 Å². The number of aromatic nitrogens is 2. The predicted octanol–water partition coefficient (Wildman–Crippen LogP) is 1.71. The number of nitrogens with zero attached hydrogens (tertiary/aromatic N) is 2. The molecule has 3 heterocycles. The quantitative estimate of drug-likeness (QED) is 0.402. The minimum atomic E-state index is -0.759. The fraction of sp³-hybridized carbons (Fsp3) is 0.192. The highest BCUT2D eigenvalue weighted by Crippen LogP contribution is 2.39. The Kier molecular flexibility index (Phi) is 5.85. The second kappa shape index (κ2) is 9.14. The van der Waals surface area contributed by atoms with Crippen LogP contribution in [0.3, 0.4) is 0 Å². The monoisotopic (exact) mass is 489 g/mol. The van der Waals surface area contributed by atoms with Gasteiger partial charge in [0.1, 0.15) is 28.1 Å². The Balaban J connectivity index is 1.84. The van der Waals surface area contributed by atoms with Gasteiger partial charge in [0, 0.05) is 0 Å². The Labute approximate surface area is 204 Å². The number of ether oxygens (including phenoxy) is 3. The van der Waals surface area contributed by atoms with E-state index in [-0.39, 0.29) is 35.0 Å². The number of carbonyl (C=O) groups excluding carboxylic acids is 1. The van der Waals surface area contributed by atoms with Crippen LogP contribution in [0.5, 0.6) is 11.5 Å². The third-order valence-electron chi connectivity index (χ3n) is 5.85. The zero-order valence-corrected chi connectivity index (χ0v) is 19.8. The lowest BCUT2D eigenvalue weighted by molar-refractivity contribution is -0.136. The lowest BCUT2D eigenvalue weighted by Gasteiger charge is -2.22. The summed E-state index contributed by atoms with van der Waals surface area (Å²) in [6.07, 6.45) is 1.62. The zero-order chi connectivity index (χ0) is 25.4. The van der Waals surface area contributed by atoms with Crippen LogP contribution in [0.2, 0.25) is 0 Å². The van der Waals surface area contributed by atoms with Crippen LogP contribution in [-0.4, -0.2) is 36.3 Å². The molecule has 0 spiro atoms. The minimum absolute atomic E-state index is 0.0114. The van der Waals surface area contributed by atoms with Gasteiger partial charge in [-0.2, -0.15) is 4.98 Å². The van der Waals surface area contributed by atoms with Gasteiger partial charge in [0.05, 0.1) is 26.7 Å². The van der Waals surface area contributed by atoms with Gasteiger partial charge in [0.15, 0.2) is 0 Å². The molecular formula is C26H23N3O7. The minimum Gasteiger partial charge on any atom is -0.497 e. The van der Waals surface area contributed by atoms with E-state index in [1.165, 1.54) is 4.57 Å². The number of rotatable bonds is 6. The molecule has 2 aromatic heterocycles. The topological polar surface area (TPSA) is 132 Å². The summed E-state index contributed by atoms with van der Waals surface area (Å²) < 4.78 is 28.6. The van der Waals surface area contributed by atoms with Crippen LogP contribution in [-0.2, 0) is 9.53 Å². The summed E-state index contributed by atoms with van der Waals surface area (Å²) in [7, 11) is 3.13. The number of nitrogen functional groups attached to an aromatic ring is 1. The molecule has 1 aliphatic rings. The molecule has 0 amide bonds. The number of nitrogens with two attached hydrogens (primary N) is 1. The van der Waals surface area contributed by atoms with Gasteiger partial charge in [-0.05, 0) is 48.4 Å². The number of oxazole rings is 2. The van der Waals surface area contributed by atoms with Crippen molar-refractivity contribution in [2.24, 2.45) is 0 Å². The normalized spacial score (nSPS) is 14.8. The Morgan fingerprint density at radius 1 is 1.06 bits per heavy atom. The molecular weight excluding hydrogens is 466 g/mol. The predicted molar refractivity (Wildman–Crippen MR) is 129 cm³/mol. The molecule has 1 aliphatic heterocycles. The number of anilines is 1. The lowest BCUT2D eigenvalue weighted by atomic mass is 9.87. The smallest absolute Gasteiger partial charge is 0.362 e. The molecule has 0 saturated carbocycles. The van der Waals surface area contributed by atoms with Gasteiger partial charge in [0.2, 0.25) is 11.4 Å². The number of hydrogen-bond acceptors (Lipinski definition) is 9. The number of carbonyl (C=O) groups is 1. The first-order valence-corrected chi connectivity index (χ1v) is 11.1. The molecule has 0 saturated heterocycles. The van der Waals surface area contributed by atoms with Gasteiger partial charge in [0.25, 0.3) is 6.01 Å². The lowest BCUT2D eigenvalue weighted by Crippen LogP contribution is -2.37. The molecule has 1 atom stereocenters. The van der Waals surface area contributed by atoms with E-state index in [0.29, 0.717) is 28.3 Å². The summed E-state index contributed by atoms with van der Waals surface area (Å²) in [6, 6.07) is 14.1. The van der Waals surface area contributed by atoms with E-state index in [4.69, 9.17) is 28.8 Å². The van der Waals surface area contributed by atoms with E-state index in [9.17, 15) is 9.59 Å². The first-order valence-electron chi connectivity index (χ1n) is 11.1. The highest BCUT2D eigenvalue weighted by atomic mass is 16.5. The number of fused-ring (bicyclic) bond motifs is 3. The van der Waals surface area contributed by atoms with Crippen molar-refractivity contribution in [2.75, 3.05) is 26.6 Å². The fourth-order valence-corrected chi connectivity index (χ4v) is 4.23. The van der Waals surface area contributed by atoms with Crippen molar-refractivity contribution < 1.29 is 27.8 Å². The number of methoxy groups -OCH3 is 2. The number of esters is 1. The zero-order valence-electron chi connectivity index (χ0n) is 19.8. The Hall–Kier alpha value is -4.73. The Morgan fingerprint density at radius 2 is 1.69 bits per heavy atom. The van der Waals surface area contributed by atoms with Crippen molar-refractivity contribution in [1.29, 1.82) is 0 Å². The molecule has 36 heavy (non-hydrogen) atoms. The Bertz CT molecular complexity index is 1610. The van der Waals surface area contributed by atoms with Gasteiger partial charge in [-0.3, -0.25) is 0 Å². The molecule has 0 fully saturated rings. The molecule has 4 aromatic rings. The fourth-order valence-electron chi connectivity index (χ4n) is 4.23. The van der Waals surface area contributed by atoms with E-state index in [1.54, 1.807) is 75.8 Å². The van der Waals surface area contributed by atoms with Crippen molar-refractivity contribution in [2.45, 2.75) is 12.8 Å². The summed E-state index contributed by atoms with van der Waals surface area (Å²) in [5.41, 5.74) is 7.12. The molecule has 0 aliphatic carbocycles. The van der Waals surface area contributed by atoms with Crippen LogP contribution in [0.15, 0.2) is 62.2 Å². The van der Waals surface area contributed by atoms with Gasteiger partial charge >= 0.3 is 11.6 Å². The first-order chi connectivity index (χ1) is 17.4. The standard InChI is InChI=1S/C26H23N3O7/c1-4-34-25(31)20-19(15-7-11-17(33-3)12-8-15)21-23(36-26(27)28-21)29-18(24(30)35-22(20)29)13-14-5-9-16(32-2)10-6-14/h5-13,19H,4H2,1-3H3,(H2,27,28)/b18-13+. The van der Waals surface area contributed by atoms with Crippen LogP contribution in [0.1, 0.15) is 29.7 Å². The van der Waals surface area contributed by atoms with Crippen molar-refractivity contribution >= 4 is 23.6 Å². The third kappa shape index (κ3) is 3.82. The summed E-state index contributed by atoms with van der Waals surface area (Å²) in [6.45, 7) is 1.82. The second-order valence-corrected chi connectivity index (χ2v) is 7.92. The molecule has 10 nitrogen and oxygen atoms in total. The van der Waals surface area contributed by atoms with E-state index in [2.05, 4.69) is 4.98 Å². The average molecular weight is 489 g/mol. The van der Waals surface area contributed by atoms with Crippen LogP contribution in [0.25, 0.3) is 17.5 Å². The summed E-state index contributed by atoms with van der Waals surface area (Å²) in [5.74, 6) is 0.0803. The molecule has 0 radical (unpaired) electrons. The van der Waals surface area contributed by atoms with E-state index < -0.39 is 17.5 Å². The first kappa shape index (κ1) is 23.0. The summed E-state index contributed by atoms with van der Waals surface area (Å²) in [5, 5.41) is 0.127. The van der Waals surface area contributed by atoms with Crippen LogP contribution in [0.4, 0.5) is 6.01 Å². The molecule has 2 N–H and O–H groups in total. The number of benzene rings is 2. The maximum Gasteiger partial charge on any atom is 0.362 e. The van der Waals surface area contributed by atoms with Crippen molar-refractivity contribution in [1.82, 2.24) is 9.55 Å². The highest BCUT2D eigenvalue weighted by Gasteiger charge is 2.39. The second-order valence-electron chi connectivity index (χ2n) is 7.92. The molecule has 184 valence electrons. The van der Waals surface area contributed by atoms with E-state index >= 15 is 0 Å². The van der Waals surface area contributed by atoms with Gasteiger partial charge in [-0.1, -0.05) is 24.3 Å². The van der Waals surface area contributed by atoms with E-state index in [1.807, 2.05) is 0 Å². The SMILES string of the molecule is CCOC(=O)C1=c2oc(=O)/c(=C\c3ccc(OC)cc3)n2-c2oc(N)nc2C1c1ccc(OC)cc1. The van der Waals surface area contributed by atoms with Gasteiger partial charge in [-0.15, -0.1) is 0 Å². The molecule has 0 bridgehead atoms. The van der Waals surface area contributed by atoms with Crippen molar-refractivity contribution in [3.05, 3.63) is 86.7 Å². The summed E-state index contributed by atoms with van der Waals surface area (Å²) in [4.78, 5) is 30.7. The molecule has 10 heteroatoms. The average Bonchev–Trinajstić information content (AvgIpc) is 3.42. The van der Waals surface area contributed by atoms with Crippen LogP contribution < -0.4 is 31.7 Å². The van der Waals surface area contributed by atoms with E-state index in [0.717, 1.165) is 0 Å². The molecule has 1 unspecified atom stereocenters.